The summed E-state index contributed by atoms with van der Waals surface area (Å²) in [6, 6.07) is 10.9. The van der Waals surface area contributed by atoms with Gasteiger partial charge in [0, 0.05) is 12.6 Å². The first-order valence-electron chi connectivity index (χ1n) is 8.02. The summed E-state index contributed by atoms with van der Waals surface area (Å²) in [5.41, 5.74) is 8.31. The molecule has 0 spiro atoms. The van der Waals surface area contributed by atoms with Gasteiger partial charge in [-0.1, -0.05) is 56.3 Å². The van der Waals surface area contributed by atoms with Crippen molar-refractivity contribution in [3.63, 3.8) is 0 Å². The summed E-state index contributed by atoms with van der Waals surface area (Å²) >= 11 is 0. The molecule has 23 heavy (non-hydrogen) atoms. The maximum absolute atomic E-state index is 5.93. The average molecular weight is 430 g/mol. The van der Waals surface area contributed by atoms with Crippen molar-refractivity contribution in [2.45, 2.75) is 33.2 Å². The fraction of sp³-hybridized carbons (Fsp3) is 0.500. The van der Waals surface area contributed by atoms with E-state index in [1.54, 1.807) is 0 Å². The molecule has 1 aromatic rings. The molecule has 1 aromatic carbocycles. The van der Waals surface area contributed by atoms with Crippen LogP contribution in [0.5, 0.6) is 0 Å². The van der Waals surface area contributed by atoms with Crippen LogP contribution in [0.2, 0.25) is 0 Å². The van der Waals surface area contributed by atoms with Crippen molar-refractivity contribution in [3.8, 4) is 0 Å². The highest BCUT2D eigenvalue weighted by molar-refractivity contribution is 14.0. The Balaban J connectivity index is 0.00000484. The largest absolute Gasteiger partial charge is 0.370 e. The number of nitrogens with one attached hydrogen (secondary N) is 1. The van der Waals surface area contributed by atoms with Gasteiger partial charge in [-0.05, 0) is 32.0 Å². The number of likely N-dealkylation sites (N-methyl/N-ethyl adjacent to an activating group) is 1. The van der Waals surface area contributed by atoms with Gasteiger partial charge in [0.2, 0.25) is 0 Å². The van der Waals surface area contributed by atoms with Gasteiger partial charge >= 0.3 is 0 Å². The molecule has 0 aromatic heterocycles. The van der Waals surface area contributed by atoms with E-state index in [4.69, 9.17) is 5.73 Å². The lowest BCUT2D eigenvalue weighted by Crippen LogP contribution is -2.40. The molecule has 1 unspecified atom stereocenters. The maximum Gasteiger partial charge on any atom is 0.188 e. The number of rotatable bonds is 9. The van der Waals surface area contributed by atoms with Gasteiger partial charge in [0.05, 0.1) is 6.54 Å². The van der Waals surface area contributed by atoms with Gasteiger partial charge in [-0.3, -0.25) is 9.89 Å². The van der Waals surface area contributed by atoms with Crippen LogP contribution in [0.25, 0.3) is 0 Å². The molecule has 5 heteroatoms. The number of aliphatic imine (C=N–C) groups is 1. The Morgan fingerprint density at radius 1 is 1.26 bits per heavy atom. The zero-order valence-electron chi connectivity index (χ0n) is 14.6. The zero-order chi connectivity index (χ0) is 16.4. The van der Waals surface area contributed by atoms with Crippen molar-refractivity contribution in [1.29, 1.82) is 0 Å². The summed E-state index contributed by atoms with van der Waals surface area (Å²) in [6.07, 6.45) is 0.986. The number of benzene rings is 1. The smallest absolute Gasteiger partial charge is 0.188 e. The third kappa shape index (κ3) is 8.95. The first-order chi connectivity index (χ1) is 10.6. The Kier molecular flexibility index (Phi) is 11.8. The molecule has 0 aliphatic heterocycles. The van der Waals surface area contributed by atoms with Crippen LogP contribution in [0, 0.1) is 0 Å². The minimum atomic E-state index is 0. The maximum atomic E-state index is 5.93. The molecule has 0 amide bonds. The molecule has 0 aliphatic carbocycles. The summed E-state index contributed by atoms with van der Waals surface area (Å²) < 4.78 is 0. The Hall–Kier alpha value is -1.08. The molecule has 4 nitrogen and oxygen atoms in total. The van der Waals surface area contributed by atoms with Crippen LogP contribution in [-0.4, -0.2) is 43.1 Å². The molecule has 0 heterocycles. The van der Waals surface area contributed by atoms with Crippen LogP contribution in [-0.2, 0) is 6.42 Å². The predicted octanol–water partition coefficient (Wildman–Crippen LogP) is 3.04. The minimum Gasteiger partial charge on any atom is -0.370 e. The van der Waals surface area contributed by atoms with Gasteiger partial charge in [0.25, 0.3) is 0 Å². The van der Waals surface area contributed by atoms with E-state index in [-0.39, 0.29) is 24.0 Å². The van der Waals surface area contributed by atoms with Crippen LogP contribution >= 0.6 is 24.0 Å². The van der Waals surface area contributed by atoms with Gasteiger partial charge in [-0.2, -0.15) is 0 Å². The molecule has 1 rings (SSSR count). The van der Waals surface area contributed by atoms with E-state index >= 15 is 0 Å². The standard InChI is InChI=1S/C18H30N4.HI/c1-5-22(6-2)17(12-16-10-8-7-9-11-16)14-21-18(19)20-13-15(3)4;/h7-11,17H,3,5-6,12-14H2,1-2,4H3,(H3,19,20,21);1H. The fourth-order valence-electron chi connectivity index (χ4n) is 2.44. The summed E-state index contributed by atoms with van der Waals surface area (Å²) in [4.78, 5) is 6.94. The van der Waals surface area contributed by atoms with E-state index in [0.717, 1.165) is 25.1 Å². The van der Waals surface area contributed by atoms with E-state index < -0.39 is 0 Å². The number of hydrogen-bond donors (Lipinski definition) is 2. The molecule has 0 bridgehead atoms. The van der Waals surface area contributed by atoms with E-state index in [1.165, 1.54) is 5.56 Å². The molecule has 0 aliphatic rings. The van der Waals surface area contributed by atoms with Crippen LogP contribution in [0.1, 0.15) is 26.3 Å². The van der Waals surface area contributed by atoms with E-state index in [1.807, 2.05) is 13.0 Å². The molecule has 0 saturated heterocycles. The molecule has 130 valence electrons. The minimum absolute atomic E-state index is 0. The van der Waals surface area contributed by atoms with Gasteiger partial charge in [-0.15, -0.1) is 24.0 Å². The number of guanidine groups is 1. The Bertz CT molecular complexity index is 469. The summed E-state index contributed by atoms with van der Waals surface area (Å²) in [6.45, 7) is 13.6. The van der Waals surface area contributed by atoms with E-state index in [2.05, 4.69) is 59.9 Å². The van der Waals surface area contributed by atoms with Crippen molar-refractivity contribution in [1.82, 2.24) is 10.2 Å². The second-order valence-corrected chi connectivity index (χ2v) is 5.60. The molecule has 0 saturated carbocycles. The lowest BCUT2D eigenvalue weighted by atomic mass is 10.0. The number of nitrogens with zero attached hydrogens (tertiary/aromatic N) is 2. The number of halogens is 1. The normalized spacial score (nSPS) is 12.6. The van der Waals surface area contributed by atoms with Crippen molar-refractivity contribution in [2.75, 3.05) is 26.2 Å². The zero-order valence-corrected chi connectivity index (χ0v) is 16.9. The first-order valence-corrected chi connectivity index (χ1v) is 8.02. The molecule has 0 fully saturated rings. The molecular formula is C18H31IN4. The fourth-order valence-corrected chi connectivity index (χ4v) is 2.44. The highest BCUT2D eigenvalue weighted by Gasteiger charge is 2.16. The summed E-state index contributed by atoms with van der Waals surface area (Å²) in [5.74, 6) is 0.494. The third-order valence-corrected chi connectivity index (χ3v) is 3.69. The Labute approximate surface area is 158 Å². The number of hydrogen-bond acceptors (Lipinski definition) is 2. The van der Waals surface area contributed by atoms with Gasteiger partial charge < -0.3 is 11.1 Å². The second-order valence-electron chi connectivity index (χ2n) is 5.60. The first kappa shape index (κ1) is 21.9. The number of nitrogens with two attached hydrogens (primary N) is 1. The third-order valence-electron chi connectivity index (χ3n) is 3.69. The highest BCUT2D eigenvalue weighted by Crippen LogP contribution is 2.09. The Morgan fingerprint density at radius 2 is 1.87 bits per heavy atom. The van der Waals surface area contributed by atoms with Crippen molar-refractivity contribution in [2.24, 2.45) is 10.7 Å². The summed E-state index contributed by atoms with van der Waals surface area (Å²) in [7, 11) is 0. The van der Waals surface area contributed by atoms with Crippen molar-refractivity contribution in [3.05, 3.63) is 48.0 Å². The van der Waals surface area contributed by atoms with Crippen molar-refractivity contribution >= 4 is 29.9 Å². The SMILES string of the molecule is C=C(C)CNC(N)=NCC(Cc1ccccc1)N(CC)CC.I. The molecule has 3 N–H and O–H groups in total. The average Bonchev–Trinajstić information content (AvgIpc) is 2.52. The van der Waals surface area contributed by atoms with E-state index in [9.17, 15) is 0 Å². The molecule has 0 radical (unpaired) electrons. The lowest BCUT2D eigenvalue weighted by Gasteiger charge is -2.28. The van der Waals surface area contributed by atoms with Gasteiger partial charge in [0.15, 0.2) is 5.96 Å². The predicted molar refractivity (Wildman–Crippen MR) is 112 cm³/mol. The topological polar surface area (TPSA) is 53.6 Å². The van der Waals surface area contributed by atoms with Crippen LogP contribution in [0.4, 0.5) is 0 Å². The van der Waals surface area contributed by atoms with Crippen LogP contribution in [0.3, 0.4) is 0 Å². The quantitative estimate of drug-likeness (QED) is 0.274. The van der Waals surface area contributed by atoms with Gasteiger partial charge in [-0.25, -0.2) is 0 Å². The highest BCUT2D eigenvalue weighted by atomic mass is 127. The monoisotopic (exact) mass is 430 g/mol. The Morgan fingerprint density at radius 3 is 2.39 bits per heavy atom. The summed E-state index contributed by atoms with van der Waals surface area (Å²) in [5, 5.41) is 3.09. The lowest BCUT2D eigenvalue weighted by molar-refractivity contribution is 0.220. The van der Waals surface area contributed by atoms with E-state index in [0.29, 0.717) is 25.1 Å². The van der Waals surface area contributed by atoms with Crippen molar-refractivity contribution < 1.29 is 0 Å². The van der Waals surface area contributed by atoms with Crippen LogP contribution in [0.15, 0.2) is 47.5 Å². The second kappa shape index (κ2) is 12.4. The van der Waals surface area contributed by atoms with Gasteiger partial charge in [0.1, 0.15) is 0 Å². The molecular weight excluding hydrogens is 399 g/mol. The molecule has 1 atom stereocenters. The van der Waals surface area contributed by atoms with Crippen LogP contribution < -0.4 is 11.1 Å².